The fourth-order valence-electron chi connectivity index (χ4n) is 3.16. The number of rotatable bonds is 4. The van der Waals surface area contributed by atoms with Gasteiger partial charge < -0.3 is 9.30 Å². The van der Waals surface area contributed by atoms with Gasteiger partial charge >= 0.3 is 0 Å². The lowest BCUT2D eigenvalue weighted by molar-refractivity contribution is -0.384. The molecule has 0 unspecified atom stereocenters. The molecule has 1 aliphatic heterocycles. The molecular weight excluding hydrogens is 380 g/mol. The maximum absolute atomic E-state index is 12.4. The van der Waals surface area contributed by atoms with E-state index in [2.05, 4.69) is 4.99 Å². The fraction of sp³-hybridized carbons (Fsp3) is 0.263. The lowest BCUT2D eigenvalue weighted by Crippen LogP contribution is -2.23. The van der Waals surface area contributed by atoms with Crippen LogP contribution < -0.4 is 4.74 Å². The summed E-state index contributed by atoms with van der Waals surface area (Å²) in [7, 11) is 4.86. The fourth-order valence-corrected chi connectivity index (χ4v) is 4.08. The number of ether oxygens (including phenoxy) is 1. The molecule has 146 valence electrons. The number of hydrogen-bond acceptors (Lipinski definition) is 6. The largest absolute Gasteiger partial charge is 0.495 e. The first-order chi connectivity index (χ1) is 13.3. The number of amidine groups is 1. The van der Waals surface area contributed by atoms with Crippen LogP contribution in [0.1, 0.15) is 17.0 Å². The van der Waals surface area contributed by atoms with E-state index >= 15 is 0 Å². The van der Waals surface area contributed by atoms with Crippen LogP contribution in [0.3, 0.4) is 0 Å². The molecule has 2 aromatic rings. The molecule has 0 saturated carbocycles. The van der Waals surface area contributed by atoms with E-state index in [1.165, 1.54) is 35.9 Å². The number of methoxy groups -OCH3 is 1. The number of aromatic nitrogens is 1. The van der Waals surface area contributed by atoms with Crippen molar-refractivity contribution in [2.45, 2.75) is 13.8 Å². The molecule has 0 radical (unpaired) electrons. The summed E-state index contributed by atoms with van der Waals surface area (Å²) in [6.07, 6.45) is 1.82. The number of likely N-dealkylation sites (N-methyl/N-ethyl adjacent to an activating group) is 1. The molecule has 0 N–H and O–H groups in total. The van der Waals surface area contributed by atoms with Crippen LogP contribution in [-0.2, 0) is 4.79 Å². The number of carbonyl (C=O) groups is 1. The maximum atomic E-state index is 12.4. The van der Waals surface area contributed by atoms with Crippen molar-refractivity contribution < 1.29 is 14.5 Å². The highest BCUT2D eigenvalue weighted by atomic mass is 32.2. The number of non-ortho nitro benzene ring substituents is 1. The van der Waals surface area contributed by atoms with Gasteiger partial charge in [-0.05, 0) is 49.4 Å². The van der Waals surface area contributed by atoms with Gasteiger partial charge in [-0.25, -0.2) is 0 Å². The van der Waals surface area contributed by atoms with Crippen molar-refractivity contribution in [2.75, 3.05) is 21.2 Å². The second-order valence-electron chi connectivity index (χ2n) is 6.26. The van der Waals surface area contributed by atoms with Gasteiger partial charge in [0.05, 0.1) is 22.6 Å². The quantitative estimate of drug-likeness (QED) is 0.445. The molecule has 3 rings (SSSR count). The molecule has 0 aliphatic carbocycles. The van der Waals surface area contributed by atoms with E-state index in [1.807, 2.05) is 30.6 Å². The Bertz CT molecular complexity index is 1040. The number of nitro groups is 1. The van der Waals surface area contributed by atoms with E-state index in [1.54, 1.807) is 20.2 Å². The minimum absolute atomic E-state index is 0.0184. The van der Waals surface area contributed by atoms with Gasteiger partial charge in [-0.15, -0.1) is 0 Å². The van der Waals surface area contributed by atoms with Gasteiger partial charge in [0.2, 0.25) is 0 Å². The Labute approximate surface area is 166 Å². The average Bonchev–Trinajstić information content (AvgIpc) is 3.10. The summed E-state index contributed by atoms with van der Waals surface area (Å²) in [4.78, 5) is 29.4. The van der Waals surface area contributed by atoms with Crippen LogP contribution in [0.2, 0.25) is 0 Å². The van der Waals surface area contributed by atoms with Crippen molar-refractivity contribution in [1.29, 1.82) is 0 Å². The van der Waals surface area contributed by atoms with Crippen LogP contribution in [-0.4, -0.2) is 46.7 Å². The highest BCUT2D eigenvalue weighted by Gasteiger charge is 2.30. The van der Waals surface area contributed by atoms with E-state index in [9.17, 15) is 14.9 Å². The minimum atomic E-state index is -0.435. The van der Waals surface area contributed by atoms with E-state index in [0.717, 1.165) is 17.0 Å². The first-order valence-corrected chi connectivity index (χ1v) is 9.26. The Hall–Kier alpha value is -3.07. The summed E-state index contributed by atoms with van der Waals surface area (Å²) >= 11 is 1.32. The molecule has 1 amide bonds. The second-order valence-corrected chi connectivity index (χ2v) is 7.27. The number of nitrogens with zero attached hydrogens (tertiary/aromatic N) is 4. The molecule has 28 heavy (non-hydrogen) atoms. The Morgan fingerprint density at radius 3 is 2.57 bits per heavy atom. The highest BCUT2D eigenvalue weighted by molar-refractivity contribution is 8.18. The van der Waals surface area contributed by atoms with Crippen molar-refractivity contribution in [2.24, 2.45) is 4.99 Å². The van der Waals surface area contributed by atoms with Crippen LogP contribution in [0.25, 0.3) is 11.8 Å². The first-order valence-electron chi connectivity index (χ1n) is 8.44. The van der Waals surface area contributed by atoms with Crippen LogP contribution in [0, 0.1) is 24.0 Å². The number of benzene rings is 1. The van der Waals surface area contributed by atoms with Gasteiger partial charge in [0.25, 0.3) is 11.6 Å². The summed E-state index contributed by atoms with van der Waals surface area (Å²) in [5.41, 5.74) is 3.13. The van der Waals surface area contributed by atoms with Gasteiger partial charge in [0, 0.05) is 37.6 Å². The number of thioether (sulfide) groups is 1. The number of hydrogen-bond donors (Lipinski definition) is 0. The molecule has 2 heterocycles. The number of aryl methyl sites for hydroxylation is 1. The van der Waals surface area contributed by atoms with Crippen molar-refractivity contribution in [3.63, 3.8) is 0 Å². The van der Waals surface area contributed by atoms with Crippen LogP contribution in [0.5, 0.6) is 5.75 Å². The molecule has 8 nitrogen and oxygen atoms in total. The Morgan fingerprint density at radius 1 is 1.29 bits per heavy atom. The third-order valence-corrected chi connectivity index (χ3v) is 5.72. The normalized spacial score (nSPS) is 17.0. The topological polar surface area (TPSA) is 90.0 Å². The van der Waals surface area contributed by atoms with Gasteiger partial charge in [-0.1, -0.05) is 0 Å². The van der Waals surface area contributed by atoms with Crippen molar-refractivity contribution >= 4 is 34.6 Å². The van der Waals surface area contributed by atoms with Crippen molar-refractivity contribution in [3.05, 3.63) is 56.2 Å². The van der Waals surface area contributed by atoms with Gasteiger partial charge in [-0.2, -0.15) is 0 Å². The molecule has 0 spiro atoms. The van der Waals surface area contributed by atoms with Gasteiger partial charge in [0.1, 0.15) is 5.75 Å². The molecule has 1 aromatic heterocycles. The van der Waals surface area contributed by atoms with Crippen LogP contribution >= 0.6 is 11.8 Å². The third kappa shape index (κ3) is 3.29. The average molecular weight is 400 g/mol. The molecule has 1 fully saturated rings. The van der Waals surface area contributed by atoms with Gasteiger partial charge in [0.15, 0.2) is 5.17 Å². The number of aliphatic imine (C=N–C) groups is 1. The standard InChI is InChI=1S/C19H20N4O4S/c1-11-8-13(9-17-18(24)21(4)19(20-3)28-17)12(2)22(11)15-10-14(23(25)26)6-7-16(15)27-5/h6-10H,1-5H3/b17-9-,20-19?. The molecule has 9 heteroatoms. The molecule has 0 bridgehead atoms. The van der Waals surface area contributed by atoms with E-state index in [0.29, 0.717) is 21.5 Å². The summed E-state index contributed by atoms with van der Waals surface area (Å²) in [6, 6.07) is 6.42. The van der Waals surface area contributed by atoms with Crippen molar-refractivity contribution in [1.82, 2.24) is 9.47 Å². The van der Waals surface area contributed by atoms with Crippen LogP contribution in [0.15, 0.2) is 34.2 Å². The summed E-state index contributed by atoms with van der Waals surface area (Å²) < 4.78 is 7.30. The Kier molecular flexibility index (Phi) is 5.28. The smallest absolute Gasteiger partial charge is 0.271 e. The molecule has 0 atom stereocenters. The van der Waals surface area contributed by atoms with Crippen LogP contribution in [0.4, 0.5) is 5.69 Å². The number of carbonyl (C=O) groups excluding carboxylic acids is 1. The zero-order chi connectivity index (χ0) is 20.6. The third-order valence-electron chi connectivity index (χ3n) is 4.57. The Morgan fingerprint density at radius 2 is 2.00 bits per heavy atom. The highest BCUT2D eigenvalue weighted by Crippen LogP contribution is 2.35. The van der Waals surface area contributed by atoms with Crippen molar-refractivity contribution in [3.8, 4) is 11.4 Å². The maximum Gasteiger partial charge on any atom is 0.271 e. The molecule has 1 saturated heterocycles. The summed E-state index contributed by atoms with van der Waals surface area (Å²) in [5.74, 6) is 0.418. The SMILES string of the molecule is CN=C1S/C(=C\c2cc(C)n(-c3cc([N+](=O)[O-])ccc3OC)c2C)C(=O)N1C. The zero-order valence-corrected chi connectivity index (χ0v) is 17.0. The minimum Gasteiger partial charge on any atom is -0.495 e. The molecular formula is C19H20N4O4S. The summed E-state index contributed by atoms with van der Waals surface area (Å²) in [6.45, 7) is 3.81. The Balaban J connectivity index is 2.12. The lowest BCUT2D eigenvalue weighted by atomic mass is 10.2. The number of nitro benzene ring substituents is 1. The predicted octanol–water partition coefficient (Wildman–Crippen LogP) is 3.54. The zero-order valence-electron chi connectivity index (χ0n) is 16.2. The molecule has 1 aromatic carbocycles. The first kappa shape index (κ1) is 19.7. The molecule has 1 aliphatic rings. The van der Waals surface area contributed by atoms with E-state index in [4.69, 9.17) is 4.74 Å². The van der Waals surface area contributed by atoms with Gasteiger partial charge in [-0.3, -0.25) is 24.8 Å². The summed E-state index contributed by atoms with van der Waals surface area (Å²) in [5, 5.41) is 11.8. The predicted molar refractivity (Wildman–Crippen MR) is 110 cm³/mol. The van der Waals surface area contributed by atoms with E-state index < -0.39 is 4.92 Å². The monoisotopic (exact) mass is 400 g/mol. The number of amides is 1. The van der Waals surface area contributed by atoms with E-state index in [-0.39, 0.29) is 11.6 Å². The lowest BCUT2D eigenvalue weighted by Gasteiger charge is -2.13. The second kappa shape index (κ2) is 7.51.